The van der Waals surface area contributed by atoms with Crippen molar-refractivity contribution in [2.24, 2.45) is 5.10 Å². The number of hydrazone groups is 1. The second kappa shape index (κ2) is 7.65. The van der Waals surface area contributed by atoms with Gasteiger partial charge in [-0.3, -0.25) is 0 Å². The fraction of sp³-hybridized carbons (Fsp3) is 0.188. The van der Waals surface area contributed by atoms with Gasteiger partial charge in [-0.15, -0.1) is 0 Å². The van der Waals surface area contributed by atoms with Crippen LogP contribution in [0.15, 0.2) is 52.5 Å². The van der Waals surface area contributed by atoms with Gasteiger partial charge >= 0.3 is 6.18 Å². The summed E-state index contributed by atoms with van der Waals surface area (Å²) in [6.45, 7) is 0. The second-order valence-corrected chi connectivity index (χ2v) is 6.65. The van der Waals surface area contributed by atoms with Crippen LogP contribution in [0.2, 0.25) is 0 Å². The smallest absolute Gasteiger partial charge is 0.416 e. The Bertz CT molecular complexity index is 895. The lowest BCUT2D eigenvalue weighted by atomic mass is 10.1. The predicted octanol–water partition coefficient (Wildman–Crippen LogP) is 3.04. The number of rotatable bonds is 6. The normalized spacial score (nSPS) is 12.2. The third kappa shape index (κ3) is 4.66. The van der Waals surface area contributed by atoms with Crippen LogP contribution in [0.25, 0.3) is 0 Å². The first-order chi connectivity index (χ1) is 12.2. The number of benzene rings is 2. The molecular weight excluding hydrogens is 373 g/mol. The van der Waals surface area contributed by atoms with Crippen molar-refractivity contribution in [3.63, 3.8) is 0 Å². The summed E-state index contributed by atoms with van der Waals surface area (Å²) >= 11 is 0. The van der Waals surface area contributed by atoms with Crippen LogP contribution >= 0.6 is 0 Å². The third-order valence-electron chi connectivity index (χ3n) is 3.29. The lowest BCUT2D eigenvalue weighted by Gasteiger charge is -2.09. The number of hydrogen-bond donors (Lipinski definition) is 1. The fourth-order valence-corrected chi connectivity index (χ4v) is 2.77. The van der Waals surface area contributed by atoms with E-state index in [0.29, 0.717) is 11.3 Å². The van der Waals surface area contributed by atoms with E-state index in [9.17, 15) is 21.6 Å². The Kier molecular flexibility index (Phi) is 5.76. The van der Waals surface area contributed by atoms with E-state index in [0.717, 1.165) is 18.3 Å². The summed E-state index contributed by atoms with van der Waals surface area (Å²) in [7, 11) is -1.20. The highest BCUT2D eigenvalue weighted by atomic mass is 32.2. The molecule has 0 amide bonds. The molecule has 0 aliphatic carbocycles. The van der Waals surface area contributed by atoms with Crippen molar-refractivity contribution in [2.75, 3.05) is 14.2 Å². The van der Waals surface area contributed by atoms with Crippen LogP contribution in [0.4, 0.5) is 13.2 Å². The molecule has 0 aliphatic rings. The summed E-state index contributed by atoms with van der Waals surface area (Å²) < 4.78 is 71.9. The molecule has 0 aliphatic heterocycles. The molecule has 0 saturated heterocycles. The molecule has 0 aromatic heterocycles. The number of nitrogens with zero attached hydrogens (tertiary/aromatic N) is 1. The van der Waals surface area contributed by atoms with Crippen molar-refractivity contribution >= 4 is 16.2 Å². The molecule has 0 heterocycles. The third-order valence-corrected chi connectivity index (χ3v) is 4.51. The van der Waals surface area contributed by atoms with Gasteiger partial charge in [0.2, 0.25) is 0 Å². The number of nitrogens with one attached hydrogen (secondary N) is 1. The molecule has 2 aromatic carbocycles. The zero-order valence-corrected chi connectivity index (χ0v) is 14.6. The quantitative estimate of drug-likeness (QED) is 0.610. The molecule has 0 spiro atoms. The van der Waals surface area contributed by atoms with Crippen molar-refractivity contribution in [3.8, 4) is 11.5 Å². The van der Waals surface area contributed by atoms with Crippen LogP contribution in [0, 0.1) is 0 Å². The topological polar surface area (TPSA) is 77.0 Å². The van der Waals surface area contributed by atoms with E-state index in [4.69, 9.17) is 9.47 Å². The minimum atomic E-state index is -4.44. The van der Waals surface area contributed by atoms with E-state index in [1.54, 1.807) is 0 Å². The van der Waals surface area contributed by atoms with Crippen LogP contribution in [-0.2, 0) is 16.2 Å². The highest BCUT2D eigenvalue weighted by Gasteiger charge is 2.29. The zero-order valence-electron chi connectivity index (χ0n) is 13.7. The van der Waals surface area contributed by atoms with Gasteiger partial charge in [-0.05, 0) is 29.8 Å². The van der Waals surface area contributed by atoms with Gasteiger partial charge in [0.25, 0.3) is 10.0 Å². The molecule has 1 N–H and O–H groups in total. The Hall–Kier alpha value is -2.75. The highest BCUT2D eigenvalue weighted by molar-refractivity contribution is 7.89. The molecule has 0 bridgehead atoms. The van der Waals surface area contributed by atoms with Gasteiger partial charge in [0.05, 0.1) is 30.9 Å². The van der Waals surface area contributed by atoms with Crippen LogP contribution in [-0.4, -0.2) is 28.9 Å². The Labute approximate surface area is 148 Å². The molecule has 0 atom stereocenters. The molecule has 0 saturated carbocycles. The number of methoxy groups -OCH3 is 2. The standard InChI is InChI=1S/C16H15F3N2O4S/c1-24-14-8-7-13(9-15(14)25-2)26(22,23)21-20-10-11-3-5-12(6-4-11)16(17,18)19/h3-10,21H,1-2H3/b20-10+. The summed E-state index contributed by atoms with van der Waals surface area (Å²) in [5, 5.41) is 3.56. The average molecular weight is 388 g/mol. The molecule has 0 radical (unpaired) electrons. The van der Waals surface area contributed by atoms with Gasteiger partial charge in [0.1, 0.15) is 0 Å². The number of alkyl halides is 3. The van der Waals surface area contributed by atoms with Gasteiger partial charge in [-0.25, -0.2) is 4.83 Å². The Morgan fingerprint density at radius 1 is 1.00 bits per heavy atom. The first-order valence-electron chi connectivity index (χ1n) is 7.11. The highest BCUT2D eigenvalue weighted by Crippen LogP contribution is 2.30. The Morgan fingerprint density at radius 3 is 2.15 bits per heavy atom. The summed E-state index contributed by atoms with van der Waals surface area (Å²) in [6.07, 6.45) is -3.34. The maximum absolute atomic E-state index is 12.5. The number of hydrogen-bond acceptors (Lipinski definition) is 5. The molecule has 6 nitrogen and oxygen atoms in total. The van der Waals surface area contributed by atoms with E-state index in [2.05, 4.69) is 5.10 Å². The minimum Gasteiger partial charge on any atom is -0.493 e. The molecule has 26 heavy (non-hydrogen) atoms. The molecule has 0 unspecified atom stereocenters. The first kappa shape index (κ1) is 19.6. The number of sulfonamides is 1. The van der Waals surface area contributed by atoms with Crippen molar-refractivity contribution < 1.29 is 31.1 Å². The van der Waals surface area contributed by atoms with Crippen LogP contribution in [0.5, 0.6) is 11.5 Å². The van der Waals surface area contributed by atoms with E-state index >= 15 is 0 Å². The Balaban J connectivity index is 2.14. The van der Waals surface area contributed by atoms with E-state index in [1.165, 1.54) is 44.6 Å². The fourth-order valence-electron chi connectivity index (χ4n) is 1.96. The van der Waals surface area contributed by atoms with Crippen molar-refractivity contribution in [1.82, 2.24) is 4.83 Å². The van der Waals surface area contributed by atoms with Crippen molar-refractivity contribution in [1.29, 1.82) is 0 Å². The average Bonchev–Trinajstić information content (AvgIpc) is 2.60. The van der Waals surface area contributed by atoms with E-state index < -0.39 is 21.8 Å². The molecule has 10 heteroatoms. The molecule has 2 rings (SSSR count). The van der Waals surface area contributed by atoms with Crippen LogP contribution in [0.1, 0.15) is 11.1 Å². The molecule has 0 fully saturated rings. The summed E-state index contributed by atoms with van der Waals surface area (Å²) in [5.74, 6) is 0.585. The van der Waals surface area contributed by atoms with Crippen LogP contribution in [0.3, 0.4) is 0 Å². The van der Waals surface area contributed by atoms with E-state index in [1.807, 2.05) is 4.83 Å². The van der Waals surface area contributed by atoms with Gasteiger partial charge in [0.15, 0.2) is 11.5 Å². The number of ether oxygens (including phenoxy) is 2. The monoisotopic (exact) mass is 388 g/mol. The lowest BCUT2D eigenvalue weighted by Crippen LogP contribution is -2.18. The van der Waals surface area contributed by atoms with Gasteiger partial charge < -0.3 is 9.47 Å². The van der Waals surface area contributed by atoms with E-state index in [-0.39, 0.29) is 10.6 Å². The molecule has 2 aromatic rings. The molecular formula is C16H15F3N2O4S. The molecule has 140 valence electrons. The van der Waals surface area contributed by atoms with Crippen molar-refractivity contribution in [2.45, 2.75) is 11.1 Å². The minimum absolute atomic E-state index is 0.111. The maximum atomic E-state index is 12.5. The van der Waals surface area contributed by atoms with Crippen LogP contribution < -0.4 is 14.3 Å². The van der Waals surface area contributed by atoms with Gasteiger partial charge in [-0.2, -0.15) is 26.7 Å². The van der Waals surface area contributed by atoms with Gasteiger partial charge in [-0.1, -0.05) is 12.1 Å². The SMILES string of the molecule is COc1ccc(S(=O)(=O)N/N=C/c2ccc(C(F)(F)F)cc2)cc1OC. The first-order valence-corrected chi connectivity index (χ1v) is 8.60. The maximum Gasteiger partial charge on any atom is 0.416 e. The Morgan fingerprint density at radius 2 is 1.62 bits per heavy atom. The van der Waals surface area contributed by atoms with Crippen molar-refractivity contribution in [3.05, 3.63) is 53.6 Å². The summed E-state index contributed by atoms with van der Waals surface area (Å²) in [6, 6.07) is 8.10. The lowest BCUT2D eigenvalue weighted by molar-refractivity contribution is -0.137. The predicted molar refractivity (Wildman–Crippen MR) is 88.9 cm³/mol. The summed E-state index contributed by atoms with van der Waals surface area (Å²) in [5.41, 5.74) is -0.506. The number of halogens is 3. The zero-order chi connectivity index (χ0) is 19.4. The second-order valence-electron chi connectivity index (χ2n) is 4.99. The largest absolute Gasteiger partial charge is 0.493 e. The van der Waals surface area contributed by atoms with Gasteiger partial charge in [0, 0.05) is 6.07 Å². The summed E-state index contributed by atoms with van der Waals surface area (Å²) in [4.78, 5) is 1.87.